The third-order valence-corrected chi connectivity index (χ3v) is 1.83. The first-order valence-electron chi connectivity index (χ1n) is 3.48. The number of rotatable bonds is 2. The summed E-state index contributed by atoms with van der Waals surface area (Å²) in [7, 11) is 0. The summed E-state index contributed by atoms with van der Waals surface area (Å²) in [5.74, 6) is -3.19. The minimum atomic E-state index is -2.13. The third kappa shape index (κ3) is 1.42. The number of hydrogen-bond donors (Lipinski definition) is 4. The number of primary amides is 1. The molecule has 0 radical (unpaired) electrons. The zero-order valence-electron chi connectivity index (χ0n) is 6.30. The Kier molecular flexibility index (Phi) is 2.34. The summed E-state index contributed by atoms with van der Waals surface area (Å²) in [6.07, 6.45) is -2.30. The van der Waals surface area contributed by atoms with E-state index in [4.69, 9.17) is 15.9 Å². The number of nitrogens with two attached hydrogens (primary N) is 1. The van der Waals surface area contributed by atoms with Crippen LogP contribution < -0.4 is 5.73 Å². The summed E-state index contributed by atoms with van der Waals surface area (Å²) in [6, 6.07) is 0. The van der Waals surface area contributed by atoms with Gasteiger partial charge in [-0.2, -0.15) is 0 Å². The molecule has 6 heteroatoms. The van der Waals surface area contributed by atoms with E-state index in [1.165, 1.54) is 0 Å². The van der Waals surface area contributed by atoms with Crippen LogP contribution >= 0.6 is 0 Å². The smallest absolute Gasteiger partial charge is 0.277 e. The fourth-order valence-electron chi connectivity index (χ4n) is 1.11. The van der Waals surface area contributed by atoms with Crippen LogP contribution in [0, 0.1) is 0 Å². The van der Waals surface area contributed by atoms with E-state index in [0.717, 1.165) is 0 Å². The van der Waals surface area contributed by atoms with E-state index in [-0.39, 0.29) is 6.42 Å². The zero-order chi connectivity index (χ0) is 9.35. The first-order valence-corrected chi connectivity index (χ1v) is 3.48. The monoisotopic (exact) mass is 177 g/mol. The molecule has 0 saturated carbocycles. The van der Waals surface area contributed by atoms with Gasteiger partial charge in [0.15, 0.2) is 0 Å². The molecule has 12 heavy (non-hydrogen) atoms. The van der Waals surface area contributed by atoms with Crippen molar-refractivity contribution in [2.45, 2.75) is 24.4 Å². The summed E-state index contributed by atoms with van der Waals surface area (Å²) in [5.41, 5.74) is 4.80. The van der Waals surface area contributed by atoms with Crippen molar-refractivity contribution in [2.75, 3.05) is 6.61 Å². The van der Waals surface area contributed by atoms with Crippen molar-refractivity contribution in [3.05, 3.63) is 0 Å². The lowest BCUT2D eigenvalue weighted by molar-refractivity contribution is -0.201. The van der Waals surface area contributed by atoms with E-state index < -0.39 is 30.5 Å². The Morgan fingerprint density at radius 2 is 2.33 bits per heavy atom. The number of hydrogen-bond acceptors (Lipinski definition) is 5. The van der Waals surface area contributed by atoms with Crippen molar-refractivity contribution in [1.29, 1.82) is 0 Å². The van der Waals surface area contributed by atoms with Crippen LogP contribution in [0.1, 0.15) is 6.42 Å². The molecule has 0 unspecified atom stereocenters. The van der Waals surface area contributed by atoms with E-state index >= 15 is 0 Å². The molecular formula is C6H11NO5. The highest BCUT2D eigenvalue weighted by molar-refractivity contribution is 5.81. The Bertz CT molecular complexity index is 196. The van der Waals surface area contributed by atoms with Gasteiger partial charge in [0.05, 0.1) is 12.7 Å². The predicted octanol–water partition coefficient (Wildman–Crippen LogP) is -2.70. The third-order valence-electron chi connectivity index (χ3n) is 1.83. The van der Waals surface area contributed by atoms with E-state index in [2.05, 4.69) is 4.74 Å². The maximum absolute atomic E-state index is 10.6. The summed E-state index contributed by atoms with van der Waals surface area (Å²) < 4.78 is 4.65. The van der Waals surface area contributed by atoms with Gasteiger partial charge in [-0.3, -0.25) is 4.79 Å². The number of carbonyl (C=O) groups is 1. The van der Waals surface area contributed by atoms with E-state index in [1.54, 1.807) is 0 Å². The Hall–Kier alpha value is -0.690. The van der Waals surface area contributed by atoms with E-state index in [9.17, 15) is 9.90 Å². The second-order valence-electron chi connectivity index (χ2n) is 2.76. The number of aliphatic hydroxyl groups excluding tert-OH is 2. The second-order valence-corrected chi connectivity index (χ2v) is 2.76. The summed E-state index contributed by atoms with van der Waals surface area (Å²) in [6.45, 7) is -0.462. The minimum absolute atomic E-state index is 0.298. The van der Waals surface area contributed by atoms with Crippen molar-refractivity contribution >= 4 is 5.91 Å². The van der Waals surface area contributed by atoms with Gasteiger partial charge in [-0.15, -0.1) is 0 Å². The van der Waals surface area contributed by atoms with Crippen molar-refractivity contribution < 1.29 is 24.9 Å². The van der Waals surface area contributed by atoms with Crippen molar-refractivity contribution in [3.63, 3.8) is 0 Å². The molecule has 1 amide bonds. The number of amides is 1. The molecular weight excluding hydrogens is 166 g/mol. The van der Waals surface area contributed by atoms with Gasteiger partial charge in [-0.05, 0) is 0 Å². The first kappa shape index (κ1) is 9.40. The van der Waals surface area contributed by atoms with Crippen molar-refractivity contribution in [3.8, 4) is 0 Å². The zero-order valence-corrected chi connectivity index (χ0v) is 6.30. The molecule has 0 spiro atoms. The van der Waals surface area contributed by atoms with Crippen LogP contribution in [0.15, 0.2) is 0 Å². The van der Waals surface area contributed by atoms with Gasteiger partial charge in [0.1, 0.15) is 6.10 Å². The highest BCUT2D eigenvalue weighted by atomic mass is 16.7. The van der Waals surface area contributed by atoms with Crippen molar-refractivity contribution in [2.24, 2.45) is 5.73 Å². The quantitative estimate of drug-likeness (QED) is 0.366. The predicted molar refractivity (Wildman–Crippen MR) is 36.7 cm³/mol. The normalized spacial score (nSPS) is 41.6. The Labute approximate surface area is 68.6 Å². The van der Waals surface area contributed by atoms with Crippen LogP contribution in [0.25, 0.3) is 0 Å². The Morgan fingerprint density at radius 3 is 2.58 bits per heavy atom. The molecule has 1 saturated heterocycles. The highest BCUT2D eigenvalue weighted by Gasteiger charge is 2.48. The highest BCUT2D eigenvalue weighted by Crippen LogP contribution is 2.27. The molecule has 0 aromatic rings. The molecule has 5 N–H and O–H groups in total. The second kappa shape index (κ2) is 2.98. The first-order chi connectivity index (χ1) is 5.49. The lowest BCUT2D eigenvalue weighted by Crippen LogP contribution is -2.44. The molecule has 0 aromatic carbocycles. The van der Waals surface area contributed by atoms with Gasteiger partial charge in [-0.25, -0.2) is 0 Å². The van der Waals surface area contributed by atoms with Gasteiger partial charge in [0.25, 0.3) is 5.91 Å². The van der Waals surface area contributed by atoms with Gasteiger partial charge in [0.2, 0.25) is 5.79 Å². The molecule has 6 nitrogen and oxygen atoms in total. The standard InChI is InChI=1S/C6H11NO5/c7-5(10)6(11)1-3(9)4(2-8)12-6/h3-4,8-9,11H,1-2H2,(H2,7,10)/t3-,4+,6+/m0/s1. The van der Waals surface area contributed by atoms with Crippen LogP contribution in [0.2, 0.25) is 0 Å². The molecule has 70 valence electrons. The van der Waals surface area contributed by atoms with Crippen LogP contribution in [-0.2, 0) is 9.53 Å². The summed E-state index contributed by atoms with van der Waals surface area (Å²) in [5, 5.41) is 27.0. The molecule has 0 aromatic heterocycles. The van der Waals surface area contributed by atoms with Crippen LogP contribution in [-0.4, -0.2) is 45.8 Å². The Balaban J connectivity index is 2.70. The molecule has 1 heterocycles. The van der Waals surface area contributed by atoms with E-state index in [1.807, 2.05) is 0 Å². The van der Waals surface area contributed by atoms with Crippen LogP contribution in [0.3, 0.4) is 0 Å². The van der Waals surface area contributed by atoms with Gasteiger partial charge in [0, 0.05) is 6.42 Å². The maximum Gasteiger partial charge on any atom is 0.277 e. The molecule has 3 atom stereocenters. The molecule has 1 aliphatic rings. The fourth-order valence-corrected chi connectivity index (χ4v) is 1.11. The maximum atomic E-state index is 10.6. The molecule has 0 bridgehead atoms. The average molecular weight is 177 g/mol. The number of ether oxygens (including phenoxy) is 1. The topological polar surface area (TPSA) is 113 Å². The van der Waals surface area contributed by atoms with Crippen LogP contribution in [0.4, 0.5) is 0 Å². The molecule has 0 aliphatic carbocycles. The van der Waals surface area contributed by atoms with Crippen LogP contribution in [0.5, 0.6) is 0 Å². The minimum Gasteiger partial charge on any atom is -0.394 e. The molecule has 1 fully saturated rings. The van der Waals surface area contributed by atoms with Gasteiger partial charge in [-0.1, -0.05) is 0 Å². The average Bonchev–Trinajstić information content (AvgIpc) is 2.27. The van der Waals surface area contributed by atoms with Gasteiger partial charge >= 0.3 is 0 Å². The number of aliphatic hydroxyl groups is 3. The Morgan fingerprint density at radius 1 is 1.75 bits per heavy atom. The largest absolute Gasteiger partial charge is 0.394 e. The lowest BCUT2D eigenvalue weighted by atomic mass is 10.1. The van der Waals surface area contributed by atoms with Crippen molar-refractivity contribution in [1.82, 2.24) is 0 Å². The van der Waals surface area contributed by atoms with E-state index in [0.29, 0.717) is 0 Å². The fraction of sp³-hybridized carbons (Fsp3) is 0.833. The number of carbonyl (C=O) groups excluding carboxylic acids is 1. The van der Waals surface area contributed by atoms with Gasteiger partial charge < -0.3 is 25.8 Å². The summed E-state index contributed by atoms with van der Waals surface area (Å²) >= 11 is 0. The lowest BCUT2D eigenvalue weighted by Gasteiger charge is -2.17. The SMILES string of the molecule is NC(=O)[C@@]1(O)C[C@H](O)[C@@H](CO)O1. The molecule has 1 rings (SSSR count). The molecule has 1 aliphatic heterocycles. The summed E-state index contributed by atoms with van der Waals surface area (Å²) in [4.78, 5) is 10.6.